The number of allylic oxidation sites excluding steroid dienone is 1. The van der Waals surface area contributed by atoms with E-state index in [1.807, 2.05) is 6.92 Å². The SMILES string of the molecule is C=CS/C=N\C(=C)C. The normalized spacial score (nSPS) is 9.62. The van der Waals surface area contributed by atoms with Gasteiger partial charge in [0.2, 0.25) is 0 Å². The van der Waals surface area contributed by atoms with E-state index in [0.717, 1.165) is 5.70 Å². The summed E-state index contributed by atoms with van der Waals surface area (Å²) in [5.41, 5.74) is 2.52. The summed E-state index contributed by atoms with van der Waals surface area (Å²) in [7, 11) is 0. The van der Waals surface area contributed by atoms with Gasteiger partial charge in [0.05, 0.1) is 5.55 Å². The lowest BCUT2D eigenvalue weighted by molar-refractivity contribution is 1.35. The summed E-state index contributed by atoms with van der Waals surface area (Å²) in [5, 5.41) is 1.71. The molecular weight excluding hydrogens is 118 g/mol. The van der Waals surface area contributed by atoms with Crippen molar-refractivity contribution >= 4 is 17.3 Å². The van der Waals surface area contributed by atoms with Gasteiger partial charge in [-0.05, 0) is 12.3 Å². The lowest BCUT2D eigenvalue weighted by atomic mass is 10.6. The minimum atomic E-state index is 0.819. The highest BCUT2D eigenvalue weighted by molar-refractivity contribution is 8.14. The van der Waals surface area contributed by atoms with Crippen molar-refractivity contribution in [2.24, 2.45) is 4.99 Å². The highest BCUT2D eigenvalue weighted by Gasteiger charge is 1.70. The molecule has 0 saturated heterocycles. The Labute approximate surface area is 54.2 Å². The van der Waals surface area contributed by atoms with E-state index >= 15 is 0 Å². The van der Waals surface area contributed by atoms with Gasteiger partial charge >= 0.3 is 0 Å². The highest BCUT2D eigenvalue weighted by atomic mass is 32.2. The molecule has 0 aliphatic rings. The van der Waals surface area contributed by atoms with Gasteiger partial charge in [-0.2, -0.15) is 0 Å². The lowest BCUT2D eigenvalue weighted by Gasteiger charge is -1.81. The Kier molecular flexibility index (Phi) is 4.36. The third-order valence-corrected chi connectivity index (χ3v) is 0.850. The molecule has 0 rings (SSSR count). The summed E-state index contributed by atoms with van der Waals surface area (Å²) in [5.74, 6) is 0. The van der Waals surface area contributed by atoms with Gasteiger partial charge in [0.1, 0.15) is 0 Å². The summed E-state index contributed by atoms with van der Waals surface area (Å²) < 4.78 is 0. The number of rotatable bonds is 3. The van der Waals surface area contributed by atoms with E-state index in [1.54, 1.807) is 11.0 Å². The molecule has 0 aromatic heterocycles. The maximum Gasteiger partial charge on any atom is 0.0641 e. The molecule has 0 N–H and O–H groups in total. The first-order chi connectivity index (χ1) is 3.77. The van der Waals surface area contributed by atoms with E-state index in [1.165, 1.54) is 11.8 Å². The molecule has 0 radical (unpaired) electrons. The molecule has 0 amide bonds. The van der Waals surface area contributed by atoms with Crippen LogP contribution >= 0.6 is 11.8 Å². The fraction of sp³-hybridized carbons (Fsp3) is 0.167. The zero-order chi connectivity index (χ0) is 6.41. The lowest BCUT2D eigenvalue weighted by Crippen LogP contribution is -1.61. The Morgan fingerprint density at radius 1 is 1.75 bits per heavy atom. The second kappa shape index (κ2) is 4.65. The average molecular weight is 127 g/mol. The zero-order valence-corrected chi connectivity index (χ0v) is 5.74. The third kappa shape index (κ3) is 5.50. The van der Waals surface area contributed by atoms with Crippen LogP contribution in [-0.4, -0.2) is 5.55 Å². The van der Waals surface area contributed by atoms with Crippen LogP contribution in [0, 0.1) is 0 Å². The third-order valence-electron chi connectivity index (χ3n) is 0.430. The van der Waals surface area contributed by atoms with Gasteiger partial charge in [0.15, 0.2) is 0 Å². The number of thioether (sulfide) groups is 1. The van der Waals surface area contributed by atoms with Crippen LogP contribution in [0.1, 0.15) is 6.92 Å². The van der Waals surface area contributed by atoms with Gasteiger partial charge in [-0.1, -0.05) is 24.9 Å². The minimum absolute atomic E-state index is 0.819. The molecule has 0 aromatic rings. The van der Waals surface area contributed by atoms with Crippen LogP contribution < -0.4 is 0 Å². The molecule has 0 fully saturated rings. The van der Waals surface area contributed by atoms with Crippen LogP contribution in [0.2, 0.25) is 0 Å². The number of aliphatic imine (C=N–C) groups is 1. The summed E-state index contributed by atoms with van der Waals surface area (Å²) in [6.45, 7) is 8.93. The van der Waals surface area contributed by atoms with Gasteiger partial charge in [-0.15, -0.1) is 0 Å². The van der Waals surface area contributed by atoms with Gasteiger partial charge < -0.3 is 0 Å². The quantitative estimate of drug-likeness (QED) is 0.419. The number of nitrogens with zero attached hydrogens (tertiary/aromatic N) is 1. The van der Waals surface area contributed by atoms with E-state index in [0.29, 0.717) is 0 Å². The minimum Gasteiger partial charge on any atom is -0.255 e. The molecule has 0 unspecified atom stereocenters. The Hall–Kier alpha value is -0.500. The molecule has 8 heavy (non-hydrogen) atoms. The molecule has 0 aliphatic heterocycles. The highest BCUT2D eigenvalue weighted by Crippen LogP contribution is 1.96. The number of hydrogen-bond donors (Lipinski definition) is 0. The van der Waals surface area contributed by atoms with Gasteiger partial charge in [0.25, 0.3) is 0 Å². The van der Waals surface area contributed by atoms with Crippen molar-refractivity contribution in [3.05, 3.63) is 24.3 Å². The van der Waals surface area contributed by atoms with Crippen molar-refractivity contribution in [1.82, 2.24) is 0 Å². The molecule has 0 bridgehead atoms. The first kappa shape index (κ1) is 7.50. The largest absolute Gasteiger partial charge is 0.255 e. The Morgan fingerprint density at radius 2 is 2.38 bits per heavy atom. The number of hydrogen-bond acceptors (Lipinski definition) is 2. The Bertz CT molecular complexity index is 116. The summed E-state index contributed by atoms with van der Waals surface area (Å²) >= 11 is 1.45. The second-order valence-corrected chi connectivity index (χ2v) is 2.09. The zero-order valence-electron chi connectivity index (χ0n) is 4.92. The van der Waals surface area contributed by atoms with E-state index < -0.39 is 0 Å². The maximum absolute atomic E-state index is 3.89. The van der Waals surface area contributed by atoms with Crippen LogP contribution in [-0.2, 0) is 0 Å². The van der Waals surface area contributed by atoms with Gasteiger partial charge in [-0.25, -0.2) is 0 Å². The van der Waals surface area contributed by atoms with Gasteiger partial charge in [0, 0.05) is 5.70 Å². The molecule has 0 saturated carbocycles. The average Bonchev–Trinajstić information content (AvgIpc) is 1.66. The fourth-order valence-corrected chi connectivity index (χ4v) is 0.490. The molecule has 0 heterocycles. The van der Waals surface area contributed by atoms with E-state index in [2.05, 4.69) is 18.2 Å². The fourth-order valence-electron chi connectivity index (χ4n) is 0.163. The van der Waals surface area contributed by atoms with Crippen molar-refractivity contribution in [3.63, 3.8) is 0 Å². The summed E-state index contributed by atoms with van der Waals surface area (Å²) in [6, 6.07) is 0. The molecule has 0 aromatic carbocycles. The molecular formula is C6H9NS. The molecule has 0 atom stereocenters. The van der Waals surface area contributed by atoms with Crippen LogP contribution in [0.5, 0.6) is 0 Å². The molecule has 44 valence electrons. The van der Waals surface area contributed by atoms with Crippen LogP contribution in [0.3, 0.4) is 0 Å². The van der Waals surface area contributed by atoms with Crippen molar-refractivity contribution in [2.45, 2.75) is 6.92 Å². The first-order valence-electron chi connectivity index (χ1n) is 2.22. The van der Waals surface area contributed by atoms with Crippen molar-refractivity contribution in [2.75, 3.05) is 0 Å². The Morgan fingerprint density at radius 3 is 2.75 bits per heavy atom. The predicted molar refractivity (Wildman–Crippen MR) is 41.1 cm³/mol. The summed E-state index contributed by atoms with van der Waals surface area (Å²) in [6.07, 6.45) is 0. The summed E-state index contributed by atoms with van der Waals surface area (Å²) in [4.78, 5) is 3.89. The Balaban J connectivity index is 3.34. The molecule has 1 nitrogen and oxygen atoms in total. The van der Waals surface area contributed by atoms with Crippen LogP contribution in [0.15, 0.2) is 29.3 Å². The van der Waals surface area contributed by atoms with Gasteiger partial charge in [-0.3, -0.25) is 4.99 Å². The maximum atomic E-state index is 3.89. The molecule has 0 spiro atoms. The molecule has 2 heteroatoms. The standard InChI is InChI=1S/C6H9NS/c1-4-8-5-7-6(2)3/h4-5H,1-2H2,3H3/b7-5-. The van der Waals surface area contributed by atoms with Crippen LogP contribution in [0.25, 0.3) is 0 Å². The van der Waals surface area contributed by atoms with E-state index in [-0.39, 0.29) is 0 Å². The van der Waals surface area contributed by atoms with Crippen molar-refractivity contribution in [3.8, 4) is 0 Å². The monoisotopic (exact) mass is 127 g/mol. The van der Waals surface area contributed by atoms with E-state index in [4.69, 9.17) is 0 Å². The predicted octanol–water partition coefficient (Wildman–Crippen LogP) is 2.43. The van der Waals surface area contributed by atoms with Crippen LogP contribution in [0.4, 0.5) is 0 Å². The van der Waals surface area contributed by atoms with Crippen molar-refractivity contribution < 1.29 is 0 Å². The second-order valence-electron chi connectivity index (χ2n) is 1.27. The smallest absolute Gasteiger partial charge is 0.0641 e. The van der Waals surface area contributed by atoms with E-state index in [9.17, 15) is 0 Å². The van der Waals surface area contributed by atoms with Crippen molar-refractivity contribution in [1.29, 1.82) is 0 Å². The first-order valence-corrected chi connectivity index (χ1v) is 3.16. The molecule has 0 aliphatic carbocycles. The topological polar surface area (TPSA) is 12.4 Å².